The normalized spacial score (nSPS) is 19.0. The summed E-state index contributed by atoms with van der Waals surface area (Å²) in [4.78, 5) is 12.1. The highest BCUT2D eigenvalue weighted by atomic mass is 35.5. The van der Waals surface area contributed by atoms with Crippen LogP contribution in [0.2, 0.25) is 5.02 Å². The Morgan fingerprint density at radius 3 is 3.04 bits per heavy atom. The van der Waals surface area contributed by atoms with E-state index in [9.17, 15) is 9.90 Å². The molecule has 2 amide bonds. The van der Waals surface area contributed by atoms with Gasteiger partial charge in [0.25, 0.3) is 0 Å². The van der Waals surface area contributed by atoms with Gasteiger partial charge in [-0.25, -0.2) is 4.79 Å². The van der Waals surface area contributed by atoms with Crippen molar-refractivity contribution in [3.05, 3.63) is 58.5 Å². The third-order valence-corrected chi connectivity index (χ3v) is 4.37. The van der Waals surface area contributed by atoms with E-state index in [0.717, 1.165) is 18.4 Å². The summed E-state index contributed by atoms with van der Waals surface area (Å²) in [5.41, 5.74) is 1.02. The van der Waals surface area contributed by atoms with Crippen LogP contribution in [0.25, 0.3) is 0 Å². The molecule has 0 radical (unpaired) electrons. The van der Waals surface area contributed by atoms with Crippen LogP contribution in [0, 0.1) is 0 Å². The SMILES string of the molecule is C[C@](O)(CNC(=O)N[C@H]1CCc2cc(Cl)ccc21)c1ccco1. The van der Waals surface area contributed by atoms with Gasteiger partial charge in [-0.05, 0) is 55.2 Å². The summed E-state index contributed by atoms with van der Waals surface area (Å²) < 4.78 is 5.19. The lowest BCUT2D eigenvalue weighted by atomic mass is 10.0. The number of urea groups is 1. The molecule has 3 rings (SSSR count). The molecule has 2 aromatic rings. The standard InChI is InChI=1S/C17H19ClN2O3/c1-17(22,15-3-2-8-23-15)10-19-16(21)20-14-7-4-11-9-12(18)5-6-13(11)14/h2-3,5-6,8-9,14,22H,4,7,10H2,1H3,(H2,19,20,21)/t14-,17-/m0/s1. The molecule has 0 unspecified atom stereocenters. The molecule has 0 bridgehead atoms. The Balaban J connectivity index is 1.57. The van der Waals surface area contributed by atoms with E-state index in [1.807, 2.05) is 18.2 Å². The first kappa shape index (κ1) is 15.9. The van der Waals surface area contributed by atoms with Gasteiger partial charge in [-0.2, -0.15) is 0 Å². The molecule has 1 aliphatic carbocycles. The molecule has 1 aromatic carbocycles. The first-order valence-corrected chi connectivity index (χ1v) is 7.92. The van der Waals surface area contributed by atoms with Crippen LogP contribution >= 0.6 is 11.6 Å². The number of nitrogens with one attached hydrogen (secondary N) is 2. The number of fused-ring (bicyclic) bond motifs is 1. The van der Waals surface area contributed by atoms with Crippen molar-refractivity contribution < 1.29 is 14.3 Å². The number of carbonyl (C=O) groups is 1. The van der Waals surface area contributed by atoms with Gasteiger partial charge in [-0.15, -0.1) is 0 Å². The Morgan fingerprint density at radius 2 is 2.30 bits per heavy atom. The number of hydrogen-bond acceptors (Lipinski definition) is 3. The minimum absolute atomic E-state index is 0.0316. The Labute approximate surface area is 139 Å². The lowest BCUT2D eigenvalue weighted by molar-refractivity contribution is 0.0366. The maximum absolute atomic E-state index is 12.1. The van der Waals surface area contributed by atoms with E-state index in [4.69, 9.17) is 16.0 Å². The van der Waals surface area contributed by atoms with Gasteiger partial charge in [0.05, 0.1) is 18.8 Å². The second-order valence-electron chi connectivity index (χ2n) is 6.01. The monoisotopic (exact) mass is 334 g/mol. The molecule has 1 aliphatic rings. The summed E-state index contributed by atoms with van der Waals surface area (Å²) >= 11 is 5.99. The molecular weight excluding hydrogens is 316 g/mol. The topological polar surface area (TPSA) is 74.5 Å². The highest BCUT2D eigenvalue weighted by Crippen LogP contribution is 2.32. The van der Waals surface area contributed by atoms with Crippen molar-refractivity contribution in [2.24, 2.45) is 0 Å². The molecule has 2 atom stereocenters. The van der Waals surface area contributed by atoms with Crippen LogP contribution in [0.3, 0.4) is 0 Å². The molecule has 0 spiro atoms. The fourth-order valence-corrected chi connectivity index (χ4v) is 3.06. The lowest BCUT2D eigenvalue weighted by Crippen LogP contribution is -2.44. The maximum Gasteiger partial charge on any atom is 0.315 e. The molecule has 122 valence electrons. The zero-order valence-corrected chi connectivity index (χ0v) is 13.6. The molecule has 0 saturated carbocycles. The average molecular weight is 335 g/mol. The third kappa shape index (κ3) is 3.51. The van der Waals surface area contributed by atoms with Gasteiger partial charge in [0.15, 0.2) is 0 Å². The van der Waals surface area contributed by atoms with Crippen LogP contribution in [-0.4, -0.2) is 17.7 Å². The van der Waals surface area contributed by atoms with Gasteiger partial charge >= 0.3 is 6.03 Å². The van der Waals surface area contributed by atoms with E-state index in [0.29, 0.717) is 10.8 Å². The minimum Gasteiger partial charge on any atom is -0.466 e. The molecule has 3 N–H and O–H groups in total. The van der Waals surface area contributed by atoms with Gasteiger partial charge in [-0.1, -0.05) is 17.7 Å². The highest BCUT2D eigenvalue weighted by Gasteiger charge is 2.28. The number of furan rings is 1. The minimum atomic E-state index is -1.25. The molecule has 0 saturated heterocycles. The average Bonchev–Trinajstić information content (AvgIpc) is 3.16. The van der Waals surface area contributed by atoms with Crippen LogP contribution in [0.5, 0.6) is 0 Å². The van der Waals surface area contributed by atoms with Gasteiger partial charge in [0, 0.05) is 5.02 Å². The first-order chi connectivity index (χ1) is 11.0. The second-order valence-corrected chi connectivity index (χ2v) is 6.45. The number of hydrogen-bond donors (Lipinski definition) is 3. The fourth-order valence-electron chi connectivity index (χ4n) is 2.87. The predicted octanol–water partition coefficient (Wildman–Crippen LogP) is 3.13. The fraction of sp³-hybridized carbons (Fsp3) is 0.353. The van der Waals surface area contributed by atoms with Gasteiger partial charge in [0.1, 0.15) is 11.4 Å². The van der Waals surface area contributed by atoms with E-state index in [2.05, 4.69) is 10.6 Å². The molecule has 0 fully saturated rings. The van der Waals surface area contributed by atoms with Crippen molar-refractivity contribution in [3.8, 4) is 0 Å². The number of rotatable bonds is 4. The summed E-state index contributed by atoms with van der Waals surface area (Å²) in [6, 6.07) is 8.76. The van der Waals surface area contributed by atoms with Crippen molar-refractivity contribution in [2.45, 2.75) is 31.4 Å². The number of carbonyl (C=O) groups excluding carboxylic acids is 1. The Kier molecular flexibility index (Phi) is 4.33. The van der Waals surface area contributed by atoms with Crippen molar-refractivity contribution >= 4 is 17.6 Å². The van der Waals surface area contributed by atoms with Gasteiger partial charge in [0.2, 0.25) is 0 Å². The van der Waals surface area contributed by atoms with E-state index < -0.39 is 5.60 Å². The summed E-state index contributed by atoms with van der Waals surface area (Å²) in [7, 11) is 0. The molecule has 23 heavy (non-hydrogen) atoms. The van der Waals surface area contributed by atoms with Crippen LogP contribution in [0.1, 0.15) is 36.3 Å². The van der Waals surface area contributed by atoms with Crippen molar-refractivity contribution in [3.63, 3.8) is 0 Å². The maximum atomic E-state index is 12.1. The van der Waals surface area contributed by atoms with Crippen molar-refractivity contribution in [2.75, 3.05) is 6.54 Å². The Bertz CT molecular complexity index is 698. The second kappa shape index (κ2) is 6.26. The predicted molar refractivity (Wildman–Crippen MR) is 87.3 cm³/mol. The smallest absolute Gasteiger partial charge is 0.315 e. The third-order valence-electron chi connectivity index (χ3n) is 4.13. The van der Waals surface area contributed by atoms with E-state index >= 15 is 0 Å². The van der Waals surface area contributed by atoms with Crippen LogP contribution < -0.4 is 10.6 Å². The number of aliphatic hydroxyl groups is 1. The summed E-state index contributed by atoms with van der Waals surface area (Å²) in [5.74, 6) is 0.415. The molecule has 5 nitrogen and oxygen atoms in total. The summed E-state index contributed by atoms with van der Waals surface area (Å²) in [6.45, 7) is 1.66. The van der Waals surface area contributed by atoms with Gasteiger partial charge < -0.3 is 20.2 Å². The van der Waals surface area contributed by atoms with E-state index in [1.54, 1.807) is 19.1 Å². The van der Waals surface area contributed by atoms with Crippen LogP contribution in [-0.2, 0) is 12.0 Å². The zero-order valence-electron chi connectivity index (χ0n) is 12.8. The Morgan fingerprint density at radius 1 is 1.48 bits per heavy atom. The molecule has 1 heterocycles. The summed E-state index contributed by atoms with van der Waals surface area (Å²) in [6.07, 6.45) is 3.23. The number of amides is 2. The molecule has 6 heteroatoms. The largest absolute Gasteiger partial charge is 0.466 e. The lowest BCUT2D eigenvalue weighted by Gasteiger charge is -2.22. The Hall–Kier alpha value is -1.98. The number of benzene rings is 1. The molecule has 0 aliphatic heterocycles. The van der Waals surface area contributed by atoms with E-state index in [-0.39, 0.29) is 18.6 Å². The molecular formula is C17H19ClN2O3. The number of halogens is 1. The van der Waals surface area contributed by atoms with Crippen molar-refractivity contribution in [1.82, 2.24) is 10.6 Å². The first-order valence-electron chi connectivity index (χ1n) is 7.55. The number of aryl methyl sites for hydroxylation is 1. The zero-order chi connectivity index (χ0) is 16.4. The van der Waals surface area contributed by atoms with Gasteiger partial charge in [-0.3, -0.25) is 0 Å². The van der Waals surface area contributed by atoms with Crippen LogP contribution in [0.4, 0.5) is 4.79 Å². The van der Waals surface area contributed by atoms with E-state index in [1.165, 1.54) is 11.8 Å². The molecule has 1 aromatic heterocycles. The summed E-state index contributed by atoms with van der Waals surface area (Å²) in [5, 5.41) is 16.7. The highest BCUT2D eigenvalue weighted by molar-refractivity contribution is 6.30. The quantitative estimate of drug-likeness (QED) is 0.804. The van der Waals surface area contributed by atoms with Crippen LogP contribution in [0.15, 0.2) is 41.0 Å². The van der Waals surface area contributed by atoms with Crippen molar-refractivity contribution in [1.29, 1.82) is 0 Å².